The highest BCUT2D eigenvalue weighted by Gasteiger charge is 2.17. The molecule has 4 aromatic rings. The number of aromatic amines is 1. The van der Waals surface area contributed by atoms with E-state index in [1.807, 2.05) is 6.07 Å². The third-order valence-corrected chi connectivity index (χ3v) is 5.83. The van der Waals surface area contributed by atoms with Gasteiger partial charge in [0, 0.05) is 6.07 Å². The number of amides is 1. The summed E-state index contributed by atoms with van der Waals surface area (Å²) in [5.74, 6) is -0.736. The normalized spacial score (nSPS) is 13.9. The number of aryl methyl sites for hydroxylation is 2. The first kappa shape index (κ1) is 19.2. The van der Waals surface area contributed by atoms with Crippen LogP contribution in [-0.2, 0) is 12.8 Å². The number of carbonyl (C=O) groups is 1. The van der Waals surface area contributed by atoms with Gasteiger partial charge in [0.15, 0.2) is 5.69 Å². The Morgan fingerprint density at radius 2 is 1.90 bits per heavy atom. The van der Waals surface area contributed by atoms with Crippen molar-refractivity contribution in [1.82, 2.24) is 19.9 Å². The van der Waals surface area contributed by atoms with Crippen molar-refractivity contribution in [2.24, 2.45) is 0 Å². The molecule has 1 amide bonds. The van der Waals surface area contributed by atoms with E-state index in [0.29, 0.717) is 11.2 Å². The van der Waals surface area contributed by atoms with Crippen LogP contribution in [0.15, 0.2) is 59.5 Å². The molecule has 0 aliphatic heterocycles. The number of carbonyl (C=O) groups excluding carboxylic acids is 1. The van der Waals surface area contributed by atoms with Gasteiger partial charge < -0.3 is 10.3 Å². The smallest absolute Gasteiger partial charge is 0.274 e. The number of rotatable bonds is 4. The second-order valence-corrected chi connectivity index (χ2v) is 7.94. The SMILES string of the molecule is CC(NC(=O)c1cc2c(=O)[nH]c(-c3ccc4c(c3)CCC4)cn2n1)c1ccc(F)cc1. The van der Waals surface area contributed by atoms with Crippen LogP contribution < -0.4 is 10.9 Å². The number of nitrogens with one attached hydrogen (secondary N) is 2. The lowest BCUT2D eigenvalue weighted by Gasteiger charge is -2.13. The average Bonchev–Trinajstić information content (AvgIpc) is 3.40. The number of aromatic nitrogens is 3. The van der Waals surface area contributed by atoms with Crippen LogP contribution in [0, 0.1) is 5.82 Å². The summed E-state index contributed by atoms with van der Waals surface area (Å²) in [6.45, 7) is 1.81. The molecule has 0 saturated heterocycles. The van der Waals surface area contributed by atoms with Crippen molar-refractivity contribution in [3.05, 3.63) is 93.3 Å². The zero-order chi connectivity index (χ0) is 21.5. The second kappa shape index (κ2) is 7.50. The first-order valence-corrected chi connectivity index (χ1v) is 10.3. The minimum Gasteiger partial charge on any atom is -0.344 e. The lowest BCUT2D eigenvalue weighted by Crippen LogP contribution is -2.27. The van der Waals surface area contributed by atoms with Gasteiger partial charge in [-0.15, -0.1) is 0 Å². The maximum Gasteiger partial charge on any atom is 0.274 e. The van der Waals surface area contributed by atoms with E-state index in [9.17, 15) is 14.0 Å². The van der Waals surface area contributed by atoms with Gasteiger partial charge in [-0.3, -0.25) is 9.59 Å². The molecule has 2 heterocycles. The summed E-state index contributed by atoms with van der Waals surface area (Å²) in [5.41, 5.74) is 5.16. The maximum absolute atomic E-state index is 13.1. The molecule has 1 atom stereocenters. The van der Waals surface area contributed by atoms with Crippen LogP contribution in [0.1, 0.15) is 46.6 Å². The number of hydrogen-bond acceptors (Lipinski definition) is 3. The van der Waals surface area contributed by atoms with E-state index in [2.05, 4.69) is 27.5 Å². The number of benzene rings is 2. The highest BCUT2D eigenvalue weighted by atomic mass is 19.1. The molecule has 0 saturated carbocycles. The monoisotopic (exact) mass is 416 g/mol. The lowest BCUT2D eigenvalue weighted by molar-refractivity contribution is 0.0934. The summed E-state index contributed by atoms with van der Waals surface area (Å²) in [6, 6.07) is 13.3. The summed E-state index contributed by atoms with van der Waals surface area (Å²) in [4.78, 5) is 28.2. The van der Waals surface area contributed by atoms with E-state index in [0.717, 1.165) is 30.4 Å². The number of nitrogens with zero attached hydrogens (tertiary/aromatic N) is 2. The molecule has 1 aliphatic rings. The Kier molecular flexibility index (Phi) is 4.66. The van der Waals surface area contributed by atoms with Crippen molar-refractivity contribution < 1.29 is 9.18 Å². The molecule has 31 heavy (non-hydrogen) atoms. The fourth-order valence-corrected chi connectivity index (χ4v) is 4.11. The minimum absolute atomic E-state index is 0.144. The van der Waals surface area contributed by atoms with Crippen LogP contribution >= 0.6 is 0 Å². The van der Waals surface area contributed by atoms with Crippen LogP contribution in [-0.4, -0.2) is 20.5 Å². The van der Waals surface area contributed by atoms with Gasteiger partial charge in [-0.1, -0.05) is 24.3 Å². The fraction of sp³-hybridized carbons (Fsp3) is 0.208. The summed E-state index contributed by atoms with van der Waals surface area (Å²) < 4.78 is 14.6. The zero-order valence-corrected chi connectivity index (χ0v) is 17.0. The van der Waals surface area contributed by atoms with Gasteiger partial charge in [0.1, 0.15) is 11.3 Å². The Morgan fingerprint density at radius 1 is 1.13 bits per heavy atom. The molecule has 156 valence electrons. The molecular formula is C24H21FN4O2. The molecule has 2 aromatic heterocycles. The van der Waals surface area contributed by atoms with Crippen LogP contribution in [0.25, 0.3) is 16.8 Å². The number of halogens is 1. The van der Waals surface area contributed by atoms with Crippen molar-refractivity contribution in [2.45, 2.75) is 32.2 Å². The third kappa shape index (κ3) is 3.63. The Morgan fingerprint density at radius 3 is 2.71 bits per heavy atom. The molecular weight excluding hydrogens is 395 g/mol. The van der Waals surface area contributed by atoms with E-state index in [1.165, 1.54) is 33.8 Å². The minimum atomic E-state index is -0.404. The first-order valence-electron chi connectivity index (χ1n) is 10.3. The first-order chi connectivity index (χ1) is 15.0. The number of H-pyrrole nitrogens is 1. The predicted octanol–water partition coefficient (Wildman–Crippen LogP) is 3.81. The summed E-state index contributed by atoms with van der Waals surface area (Å²) in [6.07, 6.45) is 5.03. The molecule has 6 nitrogen and oxygen atoms in total. The topological polar surface area (TPSA) is 79.3 Å². The van der Waals surface area contributed by atoms with Crippen molar-refractivity contribution >= 4 is 11.4 Å². The summed E-state index contributed by atoms with van der Waals surface area (Å²) in [7, 11) is 0. The van der Waals surface area contributed by atoms with Crippen molar-refractivity contribution in [3.8, 4) is 11.3 Å². The average molecular weight is 416 g/mol. The molecule has 2 aromatic carbocycles. The molecule has 5 rings (SSSR count). The van der Waals surface area contributed by atoms with Crippen LogP contribution in [0.5, 0.6) is 0 Å². The summed E-state index contributed by atoms with van der Waals surface area (Å²) in [5, 5.41) is 7.16. The van der Waals surface area contributed by atoms with Crippen molar-refractivity contribution in [3.63, 3.8) is 0 Å². The van der Waals surface area contributed by atoms with Gasteiger partial charge >= 0.3 is 0 Å². The number of fused-ring (bicyclic) bond motifs is 2. The molecule has 0 radical (unpaired) electrons. The predicted molar refractivity (Wildman–Crippen MR) is 116 cm³/mol. The van der Waals surface area contributed by atoms with Crippen LogP contribution in [0.2, 0.25) is 0 Å². The van der Waals surface area contributed by atoms with Gasteiger partial charge in [0.25, 0.3) is 11.5 Å². The standard InChI is InChI=1S/C24H21FN4O2/c1-14(15-7-9-19(25)10-8-15)26-23(30)20-12-22-24(31)27-21(13-29(22)28-20)18-6-5-16-3-2-4-17(16)11-18/h5-14H,2-4H2,1H3,(H,26,30)(H,27,31). The molecule has 1 unspecified atom stereocenters. The Balaban J connectivity index is 1.43. The molecule has 2 N–H and O–H groups in total. The van der Waals surface area contributed by atoms with E-state index in [4.69, 9.17) is 0 Å². The van der Waals surface area contributed by atoms with Gasteiger partial charge in [0.05, 0.1) is 17.9 Å². The Hall–Kier alpha value is -3.74. The Bertz CT molecular complexity index is 1350. The van der Waals surface area contributed by atoms with E-state index >= 15 is 0 Å². The quantitative estimate of drug-likeness (QED) is 0.531. The van der Waals surface area contributed by atoms with Crippen molar-refractivity contribution in [2.75, 3.05) is 0 Å². The lowest BCUT2D eigenvalue weighted by atomic mass is 10.0. The largest absolute Gasteiger partial charge is 0.344 e. The van der Waals surface area contributed by atoms with E-state index in [1.54, 1.807) is 25.3 Å². The summed E-state index contributed by atoms with van der Waals surface area (Å²) >= 11 is 0. The number of hydrogen-bond donors (Lipinski definition) is 2. The highest BCUT2D eigenvalue weighted by Crippen LogP contribution is 2.27. The second-order valence-electron chi connectivity index (χ2n) is 7.94. The van der Waals surface area contributed by atoms with Gasteiger partial charge in [-0.25, -0.2) is 8.91 Å². The van der Waals surface area contributed by atoms with Gasteiger partial charge in [0.2, 0.25) is 0 Å². The van der Waals surface area contributed by atoms with E-state index in [-0.39, 0.29) is 23.1 Å². The van der Waals surface area contributed by atoms with Gasteiger partial charge in [-0.2, -0.15) is 5.10 Å². The van der Waals surface area contributed by atoms with Crippen molar-refractivity contribution in [1.29, 1.82) is 0 Å². The molecule has 1 aliphatic carbocycles. The zero-order valence-electron chi connectivity index (χ0n) is 17.0. The molecule has 7 heteroatoms. The van der Waals surface area contributed by atoms with Gasteiger partial charge in [-0.05, 0) is 66.6 Å². The highest BCUT2D eigenvalue weighted by molar-refractivity contribution is 5.93. The van der Waals surface area contributed by atoms with Crippen LogP contribution in [0.4, 0.5) is 4.39 Å². The maximum atomic E-state index is 13.1. The molecule has 0 bridgehead atoms. The van der Waals surface area contributed by atoms with Crippen LogP contribution in [0.3, 0.4) is 0 Å². The molecule has 0 fully saturated rings. The van der Waals surface area contributed by atoms with E-state index < -0.39 is 5.91 Å². The fourth-order valence-electron chi connectivity index (χ4n) is 4.11. The molecule has 0 spiro atoms. The Labute approximate surface area is 177 Å². The third-order valence-electron chi connectivity index (χ3n) is 5.83.